The fraction of sp³-hybridized carbons (Fsp3) is 0.185. The van der Waals surface area contributed by atoms with Gasteiger partial charge in [0.2, 0.25) is 5.78 Å². The van der Waals surface area contributed by atoms with Crippen molar-refractivity contribution in [3.8, 4) is 11.5 Å². The fourth-order valence-electron chi connectivity index (χ4n) is 3.45. The zero-order valence-electron chi connectivity index (χ0n) is 18.8. The standard InChI is InChI=1S/C27H25NO4S/c1-4-31-23-14-19(15-25-27(30)21-7-5-6-8-24(21)33-25)10-12-22(23)32-16-26(29)28-20-11-9-17(2)18(3)13-20/h5-15H,4,16H2,1-3H3,(H,28,29)/b25-15-. The monoisotopic (exact) mass is 459 g/mol. The van der Waals surface area contributed by atoms with Gasteiger partial charge in [-0.05, 0) is 79.9 Å². The second kappa shape index (κ2) is 9.96. The molecule has 1 amide bonds. The van der Waals surface area contributed by atoms with Crippen molar-refractivity contribution < 1.29 is 19.1 Å². The number of fused-ring (bicyclic) bond motifs is 1. The lowest BCUT2D eigenvalue weighted by molar-refractivity contribution is -0.118. The molecule has 0 aromatic heterocycles. The molecule has 6 heteroatoms. The average Bonchev–Trinajstić information content (AvgIpc) is 3.11. The predicted molar refractivity (Wildman–Crippen MR) is 132 cm³/mol. The van der Waals surface area contributed by atoms with E-state index in [0.717, 1.165) is 27.3 Å². The minimum atomic E-state index is -0.252. The number of aryl methyl sites for hydroxylation is 2. The molecule has 0 aliphatic carbocycles. The van der Waals surface area contributed by atoms with E-state index in [1.54, 1.807) is 6.07 Å². The van der Waals surface area contributed by atoms with Crippen molar-refractivity contribution in [3.63, 3.8) is 0 Å². The molecule has 0 spiro atoms. The molecule has 0 saturated carbocycles. The number of ether oxygens (including phenoxy) is 2. The van der Waals surface area contributed by atoms with Crippen LogP contribution < -0.4 is 14.8 Å². The highest BCUT2D eigenvalue weighted by atomic mass is 32.2. The van der Waals surface area contributed by atoms with Gasteiger partial charge in [0.15, 0.2) is 18.1 Å². The molecule has 1 aliphatic rings. The summed E-state index contributed by atoms with van der Waals surface area (Å²) in [6.07, 6.45) is 1.85. The van der Waals surface area contributed by atoms with Crippen LogP contribution in [0.4, 0.5) is 5.69 Å². The Labute approximate surface area is 197 Å². The molecule has 0 saturated heterocycles. The molecule has 0 atom stereocenters. The first-order chi connectivity index (χ1) is 15.9. The molecule has 3 aromatic carbocycles. The number of hydrogen-bond acceptors (Lipinski definition) is 5. The molecule has 1 aliphatic heterocycles. The Morgan fingerprint density at radius 1 is 0.970 bits per heavy atom. The molecule has 1 heterocycles. The van der Waals surface area contributed by atoms with Crippen LogP contribution >= 0.6 is 11.8 Å². The van der Waals surface area contributed by atoms with Crippen LogP contribution in [0.5, 0.6) is 11.5 Å². The van der Waals surface area contributed by atoms with Gasteiger partial charge in [-0.3, -0.25) is 9.59 Å². The summed E-state index contributed by atoms with van der Waals surface area (Å²) < 4.78 is 11.5. The number of rotatable bonds is 7. The van der Waals surface area contributed by atoms with E-state index in [4.69, 9.17) is 9.47 Å². The topological polar surface area (TPSA) is 64.6 Å². The smallest absolute Gasteiger partial charge is 0.262 e. The molecular formula is C27H25NO4S. The van der Waals surface area contributed by atoms with Crippen molar-refractivity contribution in [2.75, 3.05) is 18.5 Å². The third-order valence-corrected chi connectivity index (χ3v) is 6.39. The van der Waals surface area contributed by atoms with E-state index in [1.165, 1.54) is 17.3 Å². The molecule has 1 N–H and O–H groups in total. The number of carbonyl (C=O) groups is 2. The van der Waals surface area contributed by atoms with E-state index in [9.17, 15) is 9.59 Å². The SMILES string of the molecule is CCOc1cc(/C=C2\Sc3ccccc3C2=O)ccc1OCC(=O)Nc1ccc(C)c(C)c1. The van der Waals surface area contributed by atoms with Crippen molar-refractivity contribution >= 4 is 35.2 Å². The Morgan fingerprint density at radius 2 is 1.79 bits per heavy atom. The van der Waals surface area contributed by atoms with Crippen molar-refractivity contribution in [2.24, 2.45) is 0 Å². The van der Waals surface area contributed by atoms with Gasteiger partial charge in [-0.25, -0.2) is 0 Å². The van der Waals surface area contributed by atoms with Crippen LogP contribution in [-0.4, -0.2) is 24.9 Å². The summed E-state index contributed by atoms with van der Waals surface area (Å²) in [5, 5.41) is 2.85. The number of amides is 1. The first kappa shape index (κ1) is 22.7. The van der Waals surface area contributed by atoms with E-state index in [0.29, 0.717) is 23.0 Å². The molecule has 0 bridgehead atoms. The Morgan fingerprint density at radius 3 is 2.55 bits per heavy atom. The molecule has 0 unspecified atom stereocenters. The van der Waals surface area contributed by atoms with Crippen LogP contribution in [0.15, 0.2) is 70.5 Å². The third kappa shape index (κ3) is 5.29. The molecule has 3 aromatic rings. The second-order valence-electron chi connectivity index (χ2n) is 7.71. The number of carbonyl (C=O) groups excluding carboxylic acids is 2. The van der Waals surface area contributed by atoms with Gasteiger partial charge in [0.25, 0.3) is 5.91 Å². The maximum atomic E-state index is 12.7. The highest BCUT2D eigenvalue weighted by molar-refractivity contribution is 8.04. The quantitative estimate of drug-likeness (QED) is 0.436. The Kier molecular flexibility index (Phi) is 6.84. The molecule has 33 heavy (non-hydrogen) atoms. The lowest BCUT2D eigenvalue weighted by atomic mass is 10.1. The molecule has 5 nitrogen and oxygen atoms in total. The van der Waals surface area contributed by atoms with Gasteiger partial charge < -0.3 is 14.8 Å². The minimum absolute atomic E-state index is 0.0249. The Balaban J connectivity index is 1.45. The molecule has 168 valence electrons. The van der Waals surface area contributed by atoms with Crippen LogP contribution in [0.1, 0.15) is 34.0 Å². The van der Waals surface area contributed by atoms with Gasteiger partial charge >= 0.3 is 0 Å². The van der Waals surface area contributed by atoms with Crippen molar-refractivity contribution in [2.45, 2.75) is 25.7 Å². The van der Waals surface area contributed by atoms with Crippen molar-refractivity contribution in [1.29, 1.82) is 0 Å². The summed E-state index contributed by atoms with van der Waals surface area (Å²) in [5.74, 6) is 0.774. The number of allylic oxidation sites excluding steroid dienone is 1. The molecule has 4 rings (SSSR count). The maximum absolute atomic E-state index is 12.7. The number of ketones is 1. The number of nitrogens with one attached hydrogen (secondary N) is 1. The zero-order valence-corrected chi connectivity index (χ0v) is 19.6. The maximum Gasteiger partial charge on any atom is 0.262 e. The summed E-state index contributed by atoms with van der Waals surface area (Å²) in [6.45, 7) is 6.22. The second-order valence-corrected chi connectivity index (χ2v) is 8.79. The van der Waals surface area contributed by atoms with Crippen LogP contribution in [0.3, 0.4) is 0 Å². The molecular weight excluding hydrogens is 434 g/mol. The lowest BCUT2D eigenvalue weighted by Crippen LogP contribution is -2.20. The number of hydrogen-bond donors (Lipinski definition) is 1. The highest BCUT2D eigenvalue weighted by Crippen LogP contribution is 2.41. The first-order valence-electron chi connectivity index (χ1n) is 10.7. The van der Waals surface area contributed by atoms with Crippen LogP contribution in [-0.2, 0) is 4.79 Å². The summed E-state index contributed by atoms with van der Waals surface area (Å²) >= 11 is 1.47. The Hall–Kier alpha value is -3.51. The van der Waals surface area contributed by atoms with Crippen LogP contribution in [0.2, 0.25) is 0 Å². The zero-order chi connectivity index (χ0) is 23.4. The van der Waals surface area contributed by atoms with Crippen molar-refractivity contribution in [3.05, 3.63) is 87.8 Å². The number of anilines is 1. The third-order valence-electron chi connectivity index (χ3n) is 5.29. The van der Waals surface area contributed by atoms with Crippen LogP contribution in [0.25, 0.3) is 6.08 Å². The van der Waals surface area contributed by atoms with E-state index in [2.05, 4.69) is 5.32 Å². The van der Waals surface area contributed by atoms with Gasteiger partial charge in [0.1, 0.15) is 0 Å². The largest absolute Gasteiger partial charge is 0.490 e. The predicted octanol–water partition coefficient (Wildman–Crippen LogP) is 6.05. The van der Waals surface area contributed by atoms with E-state index in [1.807, 2.05) is 81.4 Å². The Bertz CT molecular complexity index is 1250. The summed E-state index contributed by atoms with van der Waals surface area (Å²) in [7, 11) is 0. The summed E-state index contributed by atoms with van der Waals surface area (Å²) in [6, 6.07) is 18.8. The van der Waals surface area contributed by atoms with E-state index < -0.39 is 0 Å². The highest BCUT2D eigenvalue weighted by Gasteiger charge is 2.25. The van der Waals surface area contributed by atoms with Gasteiger partial charge in [-0.15, -0.1) is 0 Å². The molecule has 0 fully saturated rings. The van der Waals surface area contributed by atoms with E-state index >= 15 is 0 Å². The van der Waals surface area contributed by atoms with Gasteiger partial charge in [-0.2, -0.15) is 0 Å². The first-order valence-corrected chi connectivity index (χ1v) is 11.6. The summed E-state index contributed by atoms with van der Waals surface area (Å²) in [4.78, 5) is 26.7. The summed E-state index contributed by atoms with van der Waals surface area (Å²) in [5.41, 5.74) is 4.57. The minimum Gasteiger partial charge on any atom is -0.490 e. The number of Topliss-reactive ketones (excluding diaryl/α,β-unsaturated/α-hetero) is 1. The molecule has 0 radical (unpaired) electrons. The lowest BCUT2D eigenvalue weighted by Gasteiger charge is -2.13. The van der Waals surface area contributed by atoms with Crippen LogP contribution in [0, 0.1) is 13.8 Å². The van der Waals surface area contributed by atoms with Gasteiger partial charge in [0, 0.05) is 16.1 Å². The fourth-order valence-corrected chi connectivity index (χ4v) is 4.50. The number of benzene rings is 3. The van der Waals surface area contributed by atoms with Gasteiger partial charge in [-0.1, -0.05) is 36.0 Å². The average molecular weight is 460 g/mol. The number of thioether (sulfide) groups is 1. The normalized spacial score (nSPS) is 13.7. The van der Waals surface area contributed by atoms with Crippen molar-refractivity contribution in [1.82, 2.24) is 0 Å². The van der Waals surface area contributed by atoms with E-state index in [-0.39, 0.29) is 18.3 Å². The van der Waals surface area contributed by atoms with Gasteiger partial charge in [0.05, 0.1) is 11.5 Å².